The smallest absolute Gasteiger partial charge is 0.219 e. The normalized spacial score (nSPS) is 10.3. The van der Waals surface area contributed by atoms with E-state index in [0.29, 0.717) is 13.0 Å². The summed E-state index contributed by atoms with van der Waals surface area (Å²) in [6.45, 7) is 2.49. The van der Waals surface area contributed by atoms with Gasteiger partial charge in [0.15, 0.2) is 0 Å². The molecule has 1 aromatic carbocycles. The van der Waals surface area contributed by atoms with Crippen LogP contribution >= 0.6 is 0 Å². The van der Waals surface area contributed by atoms with E-state index >= 15 is 0 Å². The third kappa shape index (κ3) is 3.20. The van der Waals surface area contributed by atoms with Crippen LogP contribution in [0.5, 0.6) is 0 Å². The summed E-state index contributed by atoms with van der Waals surface area (Å²) in [6, 6.07) is 9.98. The molecular weight excluding hydrogens is 226 g/mol. The van der Waals surface area contributed by atoms with Crippen LogP contribution < -0.4 is 5.32 Å². The Kier molecular flexibility index (Phi) is 4.12. The molecule has 0 saturated heterocycles. The molecule has 0 atom stereocenters. The second-order valence-electron chi connectivity index (χ2n) is 4.08. The van der Waals surface area contributed by atoms with Gasteiger partial charge in [-0.1, -0.05) is 37.3 Å². The van der Waals surface area contributed by atoms with E-state index in [1.54, 1.807) is 0 Å². The molecule has 4 heteroatoms. The summed E-state index contributed by atoms with van der Waals surface area (Å²) in [7, 11) is 0. The zero-order chi connectivity index (χ0) is 12.8. The van der Waals surface area contributed by atoms with Gasteiger partial charge in [-0.2, -0.15) is 0 Å². The zero-order valence-corrected chi connectivity index (χ0v) is 10.4. The number of benzene rings is 1. The third-order valence-electron chi connectivity index (χ3n) is 2.71. The molecule has 0 unspecified atom stereocenters. The Morgan fingerprint density at radius 1 is 1.33 bits per heavy atom. The summed E-state index contributed by atoms with van der Waals surface area (Å²) >= 11 is 0. The summed E-state index contributed by atoms with van der Waals surface area (Å²) in [5.41, 5.74) is 2.10. The van der Waals surface area contributed by atoms with Gasteiger partial charge >= 0.3 is 0 Å². The lowest BCUT2D eigenvalue weighted by Gasteiger charge is -2.01. The van der Waals surface area contributed by atoms with Gasteiger partial charge in [-0.15, -0.1) is 0 Å². The minimum absolute atomic E-state index is 0.0813. The van der Waals surface area contributed by atoms with Crippen LogP contribution in [0.25, 0.3) is 11.4 Å². The quantitative estimate of drug-likeness (QED) is 0.845. The first-order chi connectivity index (χ1) is 8.79. The first kappa shape index (κ1) is 12.4. The predicted octanol–water partition coefficient (Wildman–Crippen LogP) is 2.15. The van der Waals surface area contributed by atoms with Crippen molar-refractivity contribution in [1.82, 2.24) is 15.3 Å². The first-order valence-corrected chi connectivity index (χ1v) is 6.15. The number of aromatic amines is 1. The van der Waals surface area contributed by atoms with E-state index in [0.717, 1.165) is 23.5 Å². The fourth-order valence-electron chi connectivity index (χ4n) is 1.69. The highest BCUT2D eigenvalue weighted by molar-refractivity contribution is 5.75. The van der Waals surface area contributed by atoms with Gasteiger partial charge < -0.3 is 10.3 Å². The molecule has 0 fully saturated rings. The summed E-state index contributed by atoms with van der Waals surface area (Å²) in [5, 5.41) is 2.84. The number of imidazole rings is 1. The number of carbonyl (C=O) groups excluding carboxylic acids is 1. The molecular formula is C14H17N3O. The molecule has 94 valence electrons. The summed E-state index contributed by atoms with van der Waals surface area (Å²) in [4.78, 5) is 18.7. The van der Waals surface area contributed by atoms with Gasteiger partial charge in [0.25, 0.3) is 0 Å². The van der Waals surface area contributed by atoms with E-state index in [2.05, 4.69) is 15.3 Å². The zero-order valence-electron chi connectivity index (χ0n) is 10.4. The van der Waals surface area contributed by atoms with Crippen molar-refractivity contribution in [2.45, 2.75) is 19.8 Å². The minimum atomic E-state index is 0.0813. The number of nitrogens with zero attached hydrogens (tertiary/aromatic N) is 1. The Labute approximate surface area is 106 Å². The molecule has 2 rings (SSSR count). The molecule has 1 amide bonds. The molecule has 0 aliphatic rings. The Morgan fingerprint density at radius 2 is 2.11 bits per heavy atom. The van der Waals surface area contributed by atoms with Crippen LogP contribution in [0.2, 0.25) is 0 Å². The molecule has 0 spiro atoms. The van der Waals surface area contributed by atoms with Crippen LogP contribution in [-0.4, -0.2) is 22.4 Å². The number of rotatable bonds is 5. The number of aromatic nitrogens is 2. The maximum Gasteiger partial charge on any atom is 0.219 e. The lowest BCUT2D eigenvalue weighted by atomic mass is 10.2. The standard InChI is InChI=1S/C14H17N3O/c1-2-13(18)15-9-8-12-10-16-14(17-12)11-6-4-3-5-7-11/h3-7,10H,2,8-9H2,1H3,(H,15,18)(H,16,17). The Morgan fingerprint density at radius 3 is 2.83 bits per heavy atom. The van der Waals surface area contributed by atoms with Gasteiger partial charge in [0.05, 0.1) is 0 Å². The average molecular weight is 243 g/mol. The van der Waals surface area contributed by atoms with Crippen molar-refractivity contribution in [3.05, 3.63) is 42.2 Å². The number of carbonyl (C=O) groups is 1. The highest BCUT2D eigenvalue weighted by Crippen LogP contribution is 2.14. The van der Waals surface area contributed by atoms with Crippen LogP contribution in [0.1, 0.15) is 19.0 Å². The van der Waals surface area contributed by atoms with Crippen molar-refractivity contribution in [2.75, 3.05) is 6.54 Å². The summed E-state index contributed by atoms with van der Waals surface area (Å²) < 4.78 is 0. The van der Waals surface area contributed by atoms with E-state index in [4.69, 9.17) is 0 Å². The minimum Gasteiger partial charge on any atom is -0.356 e. The van der Waals surface area contributed by atoms with E-state index in [1.807, 2.05) is 43.5 Å². The predicted molar refractivity (Wildman–Crippen MR) is 71.0 cm³/mol. The maximum atomic E-state index is 11.1. The SMILES string of the molecule is CCC(=O)NCCc1cnc(-c2ccccc2)[nH]1. The fourth-order valence-corrected chi connectivity index (χ4v) is 1.69. The average Bonchev–Trinajstić information content (AvgIpc) is 2.88. The molecule has 0 bridgehead atoms. The van der Waals surface area contributed by atoms with E-state index in [1.165, 1.54) is 0 Å². The van der Waals surface area contributed by atoms with Gasteiger partial charge in [-0.05, 0) is 0 Å². The molecule has 0 saturated carbocycles. The van der Waals surface area contributed by atoms with Gasteiger partial charge in [-0.25, -0.2) is 4.98 Å². The number of hydrogen-bond acceptors (Lipinski definition) is 2. The second kappa shape index (κ2) is 6.00. The highest BCUT2D eigenvalue weighted by atomic mass is 16.1. The Hall–Kier alpha value is -2.10. The van der Waals surface area contributed by atoms with Crippen LogP contribution in [0.15, 0.2) is 36.5 Å². The second-order valence-corrected chi connectivity index (χ2v) is 4.08. The van der Waals surface area contributed by atoms with Crippen molar-refractivity contribution in [3.63, 3.8) is 0 Å². The number of H-pyrrole nitrogens is 1. The van der Waals surface area contributed by atoms with Crippen molar-refractivity contribution in [1.29, 1.82) is 0 Å². The lowest BCUT2D eigenvalue weighted by molar-refractivity contribution is -0.120. The molecule has 4 nitrogen and oxygen atoms in total. The summed E-state index contributed by atoms with van der Waals surface area (Å²) in [6.07, 6.45) is 3.12. The number of nitrogens with one attached hydrogen (secondary N) is 2. The molecule has 0 aliphatic heterocycles. The monoisotopic (exact) mass is 243 g/mol. The summed E-state index contributed by atoms with van der Waals surface area (Å²) in [5.74, 6) is 0.949. The van der Waals surface area contributed by atoms with Crippen molar-refractivity contribution < 1.29 is 4.79 Å². The van der Waals surface area contributed by atoms with Crippen LogP contribution in [0, 0.1) is 0 Å². The fraction of sp³-hybridized carbons (Fsp3) is 0.286. The van der Waals surface area contributed by atoms with Gasteiger partial charge in [0, 0.05) is 36.8 Å². The first-order valence-electron chi connectivity index (χ1n) is 6.15. The molecule has 0 radical (unpaired) electrons. The Balaban J connectivity index is 1.93. The van der Waals surface area contributed by atoms with E-state index in [-0.39, 0.29) is 5.91 Å². The third-order valence-corrected chi connectivity index (χ3v) is 2.71. The van der Waals surface area contributed by atoms with E-state index in [9.17, 15) is 4.79 Å². The van der Waals surface area contributed by atoms with Crippen LogP contribution in [-0.2, 0) is 11.2 Å². The molecule has 18 heavy (non-hydrogen) atoms. The van der Waals surface area contributed by atoms with E-state index < -0.39 is 0 Å². The molecule has 0 aliphatic carbocycles. The van der Waals surface area contributed by atoms with Gasteiger partial charge in [0.1, 0.15) is 5.82 Å². The van der Waals surface area contributed by atoms with Crippen LogP contribution in [0.3, 0.4) is 0 Å². The number of amides is 1. The van der Waals surface area contributed by atoms with Crippen molar-refractivity contribution in [2.24, 2.45) is 0 Å². The Bertz CT molecular complexity index is 505. The topological polar surface area (TPSA) is 57.8 Å². The van der Waals surface area contributed by atoms with Crippen molar-refractivity contribution >= 4 is 5.91 Å². The molecule has 2 N–H and O–H groups in total. The van der Waals surface area contributed by atoms with Crippen molar-refractivity contribution in [3.8, 4) is 11.4 Å². The molecule has 2 aromatic rings. The maximum absolute atomic E-state index is 11.1. The largest absolute Gasteiger partial charge is 0.356 e. The van der Waals surface area contributed by atoms with Gasteiger partial charge in [0.2, 0.25) is 5.91 Å². The van der Waals surface area contributed by atoms with Crippen LogP contribution in [0.4, 0.5) is 0 Å². The molecule has 1 heterocycles. The molecule has 1 aromatic heterocycles. The highest BCUT2D eigenvalue weighted by Gasteiger charge is 2.03. The number of hydrogen-bond donors (Lipinski definition) is 2. The lowest BCUT2D eigenvalue weighted by Crippen LogP contribution is -2.24. The van der Waals surface area contributed by atoms with Gasteiger partial charge in [-0.3, -0.25) is 4.79 Å².